The Hall–Kier alpha value is -8.08. The van der Waals surface area contributed by atoms with Crippen molar-refractivity contribution in [2.75, 3.05) is 14.6 Å². The van der Waals surface area contributed by atoms with Gasteiger partial charge in [0, 0.05) is 56.4 Å². The minimum atomic E-state index is -0.167. The molecule has 10 aromatic carbocycles. The van der Waals surface area contributed by atoms with E-state index in [-0.39, 0.29) is 12.3 Å². The Morgan fingerprint density at radius 3 is 1.74 bits per heavy atom. The molecular formula is C73H70BN3. The van der Waals surface area contributed by atoms with Crippen LogP contribution in [-0.2, 0) is 18.3 Å². The predicted molar refractivity (Wildman–Crippen MR) is 333 cm³/mol. The maximum Gasteiger partial charge on any atom is 0.333 e. The molecule has 0 aliphatic carbocycles. The molecule has 0 radical (unpaired) electrons. The molecule has 0 saturated heterocycles. The zero-order valence-electron chi connectivity index (χ0n) is 46.3. The zero-order valence-corrected chi connectivity index (χ0v) is 46.3. The van der Waals surface area contributed by atoms with E-state index in [4.69, 9.17) is 0 Å². The first kappa shape index (κ1) is 49.8. The van der Waals surface area contributed by atoms with E-state index in [1.807, 2.05) is 0 Å². The van der Waals surface area contributed by atoms with E-state index in [1.165, 1.54) is 143 Å². The number of nitrogens with zero attached hydrogens (tertiary/aromatic N) is 3. The molecule has 380 valence electrons. The van der Waals surface area contributed by atoms with Crippen LogP contribution < -0.4 is 25.5 Å². The molecule has 0 spiro atoms. The van der Waals surface area contributed by atoms with Gasteiger partial charge in [-0.25, -0.2) is 0 Å². The lowest BCUT2D eigenvalue weighted by Gasteiger charge is -2.47. The van der Waals surface area contributed by atoms with Crippen LogP contribution in [0.25, 0.3) is 44.2 Å². The van der Waals surface area contributed by atoms with E-state index in [0.29, 0.717) is 0 Å². The summed E-state index contributed by atoms with van der Waals surface area (Å²) in [6.07, 6.45) is 6.89. The van der Waals surface area contributed by atoms with Gasteiger partial charge in [-0.3, -0.25) is 0 Å². The molecule has 0 saturated carbocycles. The molecule has 0 amide bonds. The summed E-state index contributed by atoms with van der Waals surface area (Å²) >= 11 is 0. The molecule has 0 fully saturated rings. The van der Waals surface area contributed by atoms with Gasteiger partial charge in [0.05, 0.1) is 0 Å². The van der Waals surface area contributed by atoms with Crippen LogP contribution in [0.4, 0.5) is 45.5 Å². The van der Waals surface area contributed by atoms with Crippen LogP contribution in [0.5, 0.6) is 0 Å². The minimum Gasteiger partial charge on any atom is -0.376 e. The summed E-state index contributed by atoms with van der Waals surface area (Å²) in [7, 11) is 0. The quantitative estimate of drug-likeness (QED) is 0.107. The summed E-state index contributed by atoms with van der Waals surface area (Å²) in [6.45, 7) is 18.2. The molecule has 2 heterocycles. The van der Waals surface area contributed by atoms with E-state index in [2.05, 4.69) is 276 Å². The highest BCUT2D eigenvalue weighted by Crippen LogP contribution is 2.52. The molecule has 0 aromatic heterocycles. The Morgan fingerprint density at radius 1 is 0.468 bits per heavy atom. The summed E-state index contributed by atoms with van der Waals surface area (Å²) in [6, 6.07) is 79.0. The number of hydrogen-bond acceptors (Lipinski definition) is 3. The minimum absolute atomic E-state index is 0.00862. The summed E-state index contributed by atoms with van der Waals surface area (Å²) in [5, 5.41) is 2.48. The third-order valence-electron chi connectivity index (χ3n) is 16.5. The Labute approximate surface area is 458 Å². The van der Waals surface area contributed by atoms with Crippen molar-refractivity contribution >= 4 is 74.0 Å². The van der Waals surface area contributed by atoms with Crippen molar-refractivity contribution in [3.05, 3.63) is 240 Å². The summed E-state index contributed by atoms with van der Waals surface area (Å²) in [4.78, 5) is 7.80. The van der Waals surface area contributed by atoms with Crippen LogP contribution >= 0.6 is 0 Å². The van der Waals surface area contributed by atoms with Crippen molar-refractivity contribution in [2.45, 2.75) is 99.3 Å². The van der Waals surface area contributed by atoms with Crippen LogP contribution in [0.15, 0.2) is 206 Å². The number of unbranched alkanes of at least 4 members (excludes halogenated alkanes) is 2. The first-order valence-corrected chi connectivity index (χ1v) is 28.2. The lowest BCUT2D eigenvalue weighted by atomic mass is 9.43. The highest BCUT2D eigenvalue weighted by Gasteiger charge is 2.46. The fourth-order valence-electron chi connectivity index (χ4n) is 12.5. The lowest BCUT2D eigenvalue weighted by molar-refractivity contribution is 0.590. The molecule has 2 aliphatic rings. The van der Waals surface area contributed by atoms with Crippen molar-refractivity contribution in [1.29, 1.82) is 0 Å². The van der Waals surface area contributed by atoms with Gasteiger partial charge in [-0.2, -0.15) is 0 Å². The molecule has 0 N–H and O–H groups in total. The van der Waals surface area contributed by atoms with Crippen molar-refractivity contribution in [3.63, 3.8) is 0 Å². The summed E-state index contributed by atoms with van der Waals surface area (Å²) < 4.78 is 0. The smallest absolute Gasteiger partial charge is 0.333 e. The van der Waals surface area contributed by atoms with Crippen LogP contribution in [0, 0.1) is 20.8 Å². The molecule has 10 aromatic rings. The average molecular weight is 1000 g/mol. The van der Waals surface area contributed by atoms with Gasteiger partial charge >= 0.3 is 6.85 Å². The third kappa shape index (κ3) is 9.12. The van der Waals surface area contributed by atoms with Crippen LogP contribution in [0.2, 0.25) is 0 Å². The summed E-state index contributed by atoms with van der Waals surface area (Å²) in [5.41, 5.74) is 27.3. The van der Waals surface area contributed by atoms with E-state index in [1.54, 1.807) is 0 Å². The molecule has 0 bridgehead atoms. The van der Waals surface area contributed by atoms with Gasteiger partial charge in [0.1, 0.15) is 0 Å². The monoisotopic (exact) mass is 1000 g/mol. The van der Waals surface area contributed by atoms with E-state index >= 15 is 0 Å². The maximum absolute atomic E-state index is 2.69. The number of aryl methyl sites for hydroxylation is 5. The van der Waals surface area contributed by atoms with Crippen LogP contribution in [0.1, 0.15) is 93.7 Å². The van der Waals surface area contributed by atoms with Crippen molar-refractivity contribution in [2.24, 2.45) is 0 Å². The van der Waals surface area contributed by atoms with E-state index in [0.717, 1.165) is 29.9 Å². The molecule has 77 heavy (non-hydrogen) atoms. The molecule has 12 rings (SSSR count). The van der Waals surface area contributed by atoms with Gasteiger partial charge in [0.2, 0.25) is 0 Å². The van der Waals surface area contributed by atoms with Gasteiger partial charge in [0.15, 0.2) is 0 Å². The number of fused-ring (bicyclic) bond motifs is 6. The molecule has 2 aliphatic heterocycles. The van der Waals surface area contributed by atoms with Gasteiger partial charge in [-0.15, -0.1) is 0 Å². The van der Waals surface area contributed by atoms with Crippen molar-refractivity contribution in [3.8, 4) is 33.4 Å². The topological polar surface area (TPSA) is 9.72 Å². The second-order valence-corrected chi connectivity index (χ2v) is 22.8. The normalized spacial score (nSPS) is 12.6. The first-order chi connectivity index (χ1) is 37.5. The van der Waals surface area contributed by atoms with E-state index in [9.17, 15) is 0 Å². The standard InChI is InChI=1S/C73H70BN3/c1-9-11-21-52-27-35-59(36-28-52)75(60-37-29-53(30-38-60)22-12-10-2)62-41-43-66-68(48-62)76(67-44-32-56(45-51(67)5)54-23-14-13-15-24-54)69-47-57(70-49(3)19-18-20-50(70)4)46-65-64-42-31-55-25-16-17-26-63(55)72(64)77(74(66)71(65)69)61-39-33-58(34-40-61)73(6,7)8/h13-20,23-48H,9-12,21-22H2,1-8H3. The molecule has 3 nitrogen and oxygen atoms in total. The third-order valence-corrected chi connectivity index (χ3v) is 16.5. The second-order valence-electron chi connectivity index (χ2n) is 22.8. The Bertz CT molecular complexity index is 3720. The molecule has 0 atom stereocenters. The summed E-state index contributed by atoms with van der Waals surface area (Å²) in [5.74, 6) is 0. The van der Waals surface area contributed by atoms with Crippen LogP contribution in [-0.4, -0.2) is 6.85 Å². The van der Waals surface area contributed by atoms with Gasteiger partial charge in [-0.1, -0.05) is 181 Å². The van der Waals surface area contributed by atoms with Crippen molar-refractivity contribution < 1.29 is 0 Å². The molecular weight excluding hydrogens is 930 g/mol. The zero-order chi connectivity index (χ0) is 53.0. The fourth-order valence-corrected chi connectivity index (χ4v) is 12.5. The Kier molecular flexibility index (Phi) is 13.2. The predicted octanol–water partition coefficient (Wildman–Crippen LogP) is 19.3. The van der Waals surface area contributed by atoms with Crippen LogP contribution in [0.3, 0.4) is 0 Å². The van der Waals surface area contributed by atoms with E-state index < -0.39 is 0 Å². The van der Waals surface area contributed by atoms with Gasteiger partial charge in [0.25, 0.3) is 0 Å². The lowest BCUT2D eigenvalue weighted by Crippen LogP contribution is -2.61. The maximum atomic E-state index is 2.69. The Morgan fingerprint density at radius 2 is 1.10 bits per heavy atom. The number of anilines is 8. The largest absolute Gasteiger partial charge is 0.376 e. The first-order valence-electron chi connectivity index (χ1n) is 28.2. The highest BCUT2D eigenvalue weighted by atomic mass is 15.2. The number of benzene rings is 10. The second kappa shape index (κ2) is 20.5. The average Bonchev–Trinajstić information content (AvgIpc) is 3.64. The van der Waals surface area contributed by atoms with Crippen molar-refractivity contribution in [1.82, 2.24) is 0 Å². The van der Waals surface area contributed by atoms with Gasteiger partial charge < -0.3 is 14.6 Å². The number of hydrogen-bond donors (Lipinski definition) is 0. The molecule has 0 unspecified atom stereocenters. The van der Waals surface area contributed by atoms with Gasteiger partial charge in [-0.05, 0) is 202 Å². The Balaban J connectivity index is 1.17. The molecule has 4 heteroatoms. The highest BCUT2D eigenvalue weighted by molar-refractivity contribution is 6.94. The SMILES string of the molecule is CCCCc1ccc(N(c2ccc(CCCC)cc2)c2ccc3c(c2)N(c2ccc(-c4ccccc4)cc2C)c2cc(-c4c(C)cccc4C)cc4c2B3N(c2ccc(C(C)(C)C)cc2)c2c-4ccc3ccccc23)cc1. The number of rotatable bonds is 13. The fraction of sp³-hybridized carbons (Fsp3) is 0.205.